The molecule has 0 N–H and O–H groups in total. The summed E-state index contributed by atoms with van der Waals surface area (Å²) < 4.78 is 13.6. The van der Waals surface area contributed by atoms with E-state index in [0.29, 0.717) is 5.90 Å². The molecule has 0 spiro atoms. The number of fused-ring (bicyclic) bond motifs is 2. The van der Waals surface area contributed by atoms with Gasteiger partial charge in [-0.15, -0.1) is 0 Å². The van der Waals surface area contributed by atoms with Crippen molar-refractivity contribution in [1.29, 1.82) is 0 Å². The molecule has 2 aliphatic rings. The largest absolute Gasteiger partial charge is 0.464 e. The molecule has 2 aliphatic heterocycles. The lowest BCUT2D eigenvalue weighted by atomic mass is 9.72. The summed E-state index contributed by atoms with van der Waals surface area (Å²) in [6, 6.07) is 36.1. The molecule has 0 saturated carbocycles. The Balaban J connectivity index is 1.29. The van der Waals surface area contributed by atoms with Crippen molar-refractivity contribution in [2.75, 3.05) is 4.90 Å². The number of rotatable bonds is 6. The van der Waals surface area contributed by atoms with Gasteiger partial charge in [-0.2, -0.15) is 0 Å². The molecule has 0 radical (unpaired) electrons. The number of benzene rings is 4. The van der Waals surface area contributed by atoms with Crippen LogP contribution >= 0.6 is 0 Å². The topological polar surface area (TPSA) is 47.0 Å². The monoisotopic (exact) mass is 663 g/mol. The number of ether oxygens (including phenoxy) is 2. The van der Waals surface area contributed by atoms with Crippen molar-refractivity contribution in [3.8, 4) is 11.5 Å². The SMILES string of the molecule is Cc1cc(Oc2ccc3c(c2)N(c2cc(C(C)(C)C)ccn2)c2ccccc2C3(C)C)cc(C2=N[C@](C)(C(C)C)[C@@](C)(c3ccccc3)O2)c1. The molecule has 3 heterocycles. The smallest absolute Gasteiger partial charge is 0.217 e. The maximum absolute atomic E-state index is 6.87. The molecular formula is C45H49N3O2. The Hall–Kier alpha value is -4.90. The summed E-state index contributed by atoms with van der Waals surface area (Å²) in [5, 5.41) is 0. The minimum Gasteiger partial charge on any atom is -0.464 e. The van der Waals surface area contributed by atoms with Crippen LogP contribution in [0.2, 0.25) is 0 Å². The van der Waals surface area contributed by atoms with E-state index in [1.807, 2.05) is 18.3 Å². The van der Waals surface area contributed by atoms with Gasteiger partial charge in [-0.25, -0.2) is 9.98 Å². The van der Waals surface area contributed by atoms with Crippen LogP contribution in [0.1, 0.15) is 95.7 Å². The molecule has 50 heavy (non-hydrogen) atoms. The van der Waals surface area contributed by atoms with Crippen LogP contribution in [-0.2, 0) is 21.2 Å². The highest BCUT2D eigenvalue weighted by Crippen LogP contribution is 2.53. The van der Waals surface area contributed by atoms with Crippen LogP contribution in [-0.4, -0.2) is 16.4 Å². The Morgan fingerprint density at radius 3 is 2.16 bits per heavy atom. The highest BCUT2D eigenvalue weighted by atomic mass is 16.5. The maximum atomic E-state index is 6.87. The molecule has 5 heteroatoms. The Kier molecular flexibility index (Phi) is 7.97. The first-order chi connectivity index (χ1) is 23.6. The maximum Gasteiger partial charge on any atom is 0.217 e. The van der Waals surface area contributed by atoms with Gasteiger partial charge in [-0.3, -0.25) is 4.90 Å². The summed E-state index contributed by atoms with van der Waals surface area (Å²) in [6.45, 7) is 22.2. The van der Waals surface area contributed by atoms with Gasteiger partial charge in [0.05, 0.1) is 11.4 Å². The van der Waals surface area contributed by atoms with Crippen molar-refractivity contribution < 1.29 is 9.47 Å². The van der Waals surface area contributed by atoms with E-state index in [2.05, 4.69) is 165 Å². The fourth-order valence-corrected chi connectivity index (χ4v) is 7.63. The average molecular weight is 664 g/mol. The predicted molar refractivity (Wildman–Crippen MR) is 206 cm³/mol. The minimum atomic E-state index is -0.619. The van der Waals surface area contributed by atoms with E-state index in [-0.39, 0.29) is 16.7 Å². The Morgan fingerprint density at radius 1 is 0.740 bits per heavy atom. The first-order valence-electron chi connectivity index (χ1n) is 17.8. The third-order valence-corrected chi connectivity index (χ3v) is 11.1. The van der Waals surface area contributed by atoms with E-state index >= 15 is 0 Å². The van der Waals surface area contributed by atoms with Gasteiger partial charge in [0, 0.05) is 23.2 Å². The standard InChI is InChI=1S/C45H49N3O2/c1-29(2)44(9)45(10,32-16-12-11-13-17-32)50-41(47-44)31-24-30(3)25-35(26-31)49-34-20-21-37-39(28-34)48(38-19-15-14-18-36(38)43(37,7)8)40-27-33(22-23-46-40)42(4,5)6/h11-29H,1-10H3/t44-,45-/m1/s1. The van der Waals surface area contributed by atoms with Crippen LogP contribution in [0.4, 0.5) is 17.2 Å². The number of aromatic nitrogens is 1. The third-order valence-electron chi connectivity index (χ3n) is 11.1. The summed E-state index contributed by atoms with van der Waals surface area (Å²) in [7, 11) is 0. The molecule has 256 valence electrons. The summed E-state index contributed by atoms with van der Waals surface area (Å²) in [4.78, 5) is 12.5. The predicted octanol–water partition coefficient (Wildman–Crippen LogP) is 11.7. The van der Waals surface area contributed by atoms with Crippen LogP contribution < -0.4 is 9.64 Å². The van der Waals surface area contributed by atoms with Gasteiger partial charge in [-0.05, 0) is 102 Å². The second-order valence-electron chi connectivity index (χ2n) is 16.2. The minimum absolute atomic E-state index is 0.0125. The molecule has 0 amide bonds. The van der Waals surface area contributed by atoms with Crippen molar-refractivity contribution in [2.45, 2.75) is 91.2 Å². The van der Waals surface area contributed by atoms with Crippen molar-refractivity contribution in [3.63, 3.8) is 0 Å². The second kappa shape index (κ2) is 11.9. The molecule has 4 aromatic carbocycles. The van der Waals surface area contributed by atoms with Gasteiger partial charge >= 0.3 is 0 Å². The van der Waals surface area contributed by atoms with Gasteiger partial charge in [0.1, 0.15) is 22.9 Å². The fraction of sp³-hybridized carbons (Fsp3) is 0.333. The third kappa shape index (κ3) is 5.48. The van der Waals surface area contributed by atoms with Crippen LogP contribution in [0.5, 0.6) is 11.5 Å². The van der Waals surface area contributed by atoms with E-state index in [1.165, 1.54) is 16.7 Å². The van der Waals surface area contributed by atoms with E-state index in [9.17, 15) is 0 Å². The second-order valence-corrected chi connectivity index (χ2v) is 16.2. The molecule has 5 aromatic rings. The molecule has 7 rings (SSSR count). The molecule has 0 aliphatic carbocycles. The van der Waals surface area contributed by atoms with Crippen molar-refractivity contribution >= 4 is 23.1 Å². The summed E-state index contributed by atoms with van der Waals surface area (Å²) in [6.07, 6.45) is 1.92. The van der Waals surface area contributed by atoms with E-state index in [4.69, 9.17) is 19.5 Å². The highest BCUT2D eigenvalue weighted by Gasteiger charge is 2.55. The van der Waals surface area contributed by atoms with E-state index in [1.54, 1.807) is 0 Å². The van der Waals surface area contributed by atoms with E-state index in [0.717, 1.165) is 45.4 Å². The Morgan fingerprint density at radius 2 is 1.44 bits per heavy atom. The number of para-hydroxylation sites is 1. The summed E-state index contributed by atoms with van der Waals surface area (Å²) in [5.41, 5.74) is 7.70. The van der Waals surface area contributed by atoms with E-state index < -0.39 is 11.1 Å². The van der Waals surface area contributed by atoms with Crippen molar-refractivity contribution in [3.05, 3.63) is 143 Å². The van der Waals surface area contributed by atoms with Crippen molar-refractivity contribution in [1.82, 2.24) is 4.98 Å². The summed E-state index contributed by atoms with van der Waals surface area (Å²) >= 11 is 0. The lowest BCUT2D eigenvalue weighted by molar-refractivity contribution is 0.00857. The Labute approximate surface area is 298 Å². The zero-order valence-corrected chi connectivity index (χ0v) is 31.1. The Bertz CT molecular complexity index is 2110. The molecule has 1 aromatic heterocycles. The normalized spacial score (nSPS) is 20.9. The number of aryl methyl sites for hydroxylation is 1. The molecule has 2 atom stereocenters. The fourth-order valence-electron chi connectivity index (χ4n) is 7.63. The first kappa shape index (κ1) is 33.6. The number of hydrogen-bond acceptors (Lipinski definition) is 5. The first-order valence-corrected chi connectivity index (χ1v) is 17.8. The van der Waals surface area contributed by atoms with Crippen molar-refractivity contribution in [2.24, 2.45) is 10.9 Å². The molecular weight excluding hydrogens is 615 g/mol. The van der Waals surface area contributed by atoms with Gasteiger partial charge in [0.25, 0.3) is 0 Å². The van der Waals surface area contributed by atoms with Gasteiger partial charge in [-0.1, -0.05) is 103 Å². The quantitative estimate of drug-likeness (QED) is 0.181. The number of anilines is 3. The van der Waals surface area contributed by atoms with Crippen LogP contribution in [0, 0.1) is 12.8 Å². The zero-order valence-electron chi connectivity index (χ0n) is 31.1. The number of pyridine rings is 1. The van der Waals surface area contributed by atoms with Crippen LogP contribution in [0.15, 0.2) is 114 Å². The molecule has 0 fully saturated rings. The van der Waals surface area contributed by atoms with Crippen LogP contribution in [0.3, 0.4) is 0 Å². The molecule has 0 unspecified atom stereocenters. The zero-order chi connectivity index (χ0) is 35.6. The average Bonchev–Trinajstić information content (AvgIpc) is 3.37. The van der Waals surface area contributed by atoms with Gasteiger partial charge in [0.2, 0.25) is 5.90 Å². The van der Waals surface area contributed by atoms with Crippen LogP contribution in [0.25, 0.3) is 0 Å². The number of nitrogens with zero attached hydrogens (tertiary/aromatic N) is 3. The van der Waals surface area contributed by atoms with Gasteiger partial charge in [0.15, 0.2) is 5.60 Å². The highest BCUT2D eigenvalue weighted by molar-refractivity contribution is 5.97. The molecule has 0 bridgehead atoms. The number of hydrogen-bond donors (Lipinski definition) is 0. The van der Waals surface area contributed by atoms with Gasteiger partial charge < -0.3 is 9.47 Å². The summed E-state index contributed by atoms with van der Waals surface area (Å²) in [5.74, 6) is 3.27. The molecule has 5 nitrogen and oxygen atoms in total. The lowest BCUT2D eigenvalue weighted by Gasteiger charge is -2.41. The molecule has 0 saturated heterocycles. The number of aliphatic imine (C=N–C) groups is 1. The lowest BCUT2D eigenvalue weighted by Crippen LogP contribution is -2.47.